The molecular formula is C18H18ClN3O4S. The maximum atomic E-state index is 12.3. The number of nitrogens with zero attached hydrogens (tertiary/aromatic N) is 2. The monoisotopic (exact) mass is 407 g/mol. The van der Waals surface area contributed by atoms with E-state index < -0.39 is 5.97 Å². The standard InChI is InChI=1S/C18H18ClN3O4S/c19-12-3-4-13(14(20)10-12)18(25)26-11-16(23)21-5-7-22(8-6-21)17(24)15-2-1-9-27-15/h1-4,9-10H,5-8,11,20H2. The largest absolute Gasteiger partial charge is 0.452 e. The van der Waals surface area contributed by atoms with E-state index in [9.17, 15) is 14.4 Å². The molecule has 2 aromatic rings. The van der Waals surface area contributed by atoms with E-state index in [4.69, 9.17) is 22.1 Å². The highest BCUT2D eigenvalue weighted by molar-refractivity contribution is 7.12. The van der Waals surface area contributed by atoms with Gasteiger partial charge in [0.25, 0.3) is 11.8 Å². The Morgan fingerprint density at radius 2 is 1.81 bits per heavy atom. The van der Waals surface area contributed by atoms with Crippen molar-refractivity contribution in [3.05, 3.63) is 51.2 Å². The van der Waals surface area contributed by atoms with Crippen LogP contribution in [0.15, 0.2) is 35.7 Å². The molecule has 1 aliphatic rings. The molecule has 9 heteroatoms. The van der Waals surface area contributed by atoms with Crippen LogP contribution in [0.3, 0.4) is 0 Å². The number of carbonyl (C=O) groups is 3. The molecule has 1 fully saturated rings. The van der Waals surface area contributed by atoms with Crippen molar-refractivity contribution in [3.8, 4) is 0 Å². The van der Waals surface area contributed by atoms with Crippen molar-refractivity contribution >= 4 is 46.4 Å². The van der Waals surface area contributed by atoms with Crippen LogP contribution in [0.2, 0.25) is 5.02 Å². The lowest BCUT2D eigenvalue weighted by Gasteiger charge is -2.34. The van der Waals surface area contributed by atoms with Crippen LogP contribution in [0, 0.1) is 0 Å². The molecule has 1 aliphatic heterocycles. The van der Waals surface area contributed by atoms with Gasteiger partial charge in [0, 0.05) is 36.9 Å². The first kappa shape index (κ1) is 19.2. The number of nitrogen functional groups attached to an aromatic ring is 1. The number of anilines is 1. The predicted octanol–water partition coefficient (Wildman–Crippen LogP) is 2.13. The maximum absolute atomic E-state index is 12.3. The smallest absolute Gasteiger partial charge is 0.340 e. The fourth-order valence-electron chi connectivity index (χ4n) is 2.73. The van der Waals surface area contributed by atoms with Gasteiger partial charge in [0.1, 0.15) is 0 Å². The van der Waals surface area contributed by atoms with Crippen molar-refractivity contribution in [1.29, 1.82) is 0 Å². The van der Waals surface area contributed by atoms with Gasteiger partial charge in [-0.2, -0.15) is 0 Å². The van der Waals surface area contributed by atoms with Gasteiger partial charge >= 0.3 is 5.97 Å². The number of hydrogen-bond donors (Lipinski definition) is 1. The van der Waals surface area contributed by atoms with Crippen molar-refractivity contribution in [2.75, 3.05) is 38.5 Å². The zero-order valence-corrected chi connectivity index (χ0v) is 16.0. The van der Waals surface area contributed by atoms with Crippen LogP contribution in [-0.4, -0.2) is 60.4 Å². The first-order chi connectivity index (χ1) is 13.0. The summed E-state index contributed by atoms with van der Waals surface area (Å²) < 4.78 is 5.06. The van der Waals surface area contributed by atoms with Crippen LogP contribution in [0.25, 0.3) is 0 Å². The van der Waals surface area contributed by atoms with Gasteiger partial charge in [0.2, 0.25) is 0 Å². The highest BCUT2D eigenvalue weighted by Gasteiger charge is 2.26. The zero-order valence-electron chi connectivity index (χ0n) is 14.4. The van der Waals surface area contributed by atoms with E-state index in [0.29, 0.717) is 36.1 Å². The molecule has 142 valence electrons. The minimum Gasteiger partial charge on any atom is -0.452 e. The van der Waals surface area contributed by atoms with Crippen LogP contribution in [-0.2, 0) is 9.53 Å². The first-order valence-corrected chi connectivity index (χ1v) is 9.54. The van der Waals surface area contributed by atoms with Gasteiger partial charge < -0.3 is 20.3 Å². The topological polar surface area (TPSA) is 92.9 Å². The van der Waals surface area contributed by atoms with E-state index in [0.717, 1.165) is 0 Å². The van der Waals surface area contributed by atoms with E-state index in [2.05, 4.69) is 0 Å². The second-order valence-corrected chi connectivity index (χ2v) is 7.34. The Balaban J connectivity index is 1.48. The normalized spacial score (nSPS) is 14.1. The predicted molar refractivity (Wildman–Crippen MR) is 103 cm³/mol. The van der Waals surface area contributed by atoms with Crippen molar-refractivity contribution in [3.63, 3.8) is 0 Å². The van der Waals surface area contributed by atoms with E-state index >= 15 is 0 Å². The van der Waals surface area contributed by atoms with Crippen LogP contribution in [0.4, 0.5) is 5.69 Å². The molecule has 7 nitrogen and oxygen atoms in total. The SMILES string of the molecule is Nc1cc(Cl)ccc1C(=O)OCC(=O)N1CCN(C(=O)c2cccs2)CC1. The summed E-state index contributed by atoms with van der Waals surface area (Å²) >= 11 is 7.19. The molecule has 2 amide bonds. The lowest BCUT2D eigenvalue weighted by molar-refractivity contribution is -0.136. The van der Waals surface area contributed by atoms with Gasteiger partial charge in [-0.1, -0.05) is 17.7 Å². The molecule has 1 saturated heterocycles. The van der Waals surface area contributed by atoms with Crippen molar-refractivity contribution in [2.24, 2.45) is 0 Å². The Morgan fingerprint density at radius 1 is 1.11 bits per heavy atom. The van der Waals surface area contributed by atoms with Gasteiger partial charge in [-0.25, -0.2) is 4.79 Å². The molecule has 0 bridgehead atoms. The van der Waals surface area contributed by atoms with Gasteiger partial charge in [0.05, 0.1) is 10.4 Å². The van der Waals surface area contributed by atoms with E-state index in [1.807, 2.05) is 11.4 Å². The fraction of sp³-hybridized carbons (Fsp3) is 0.278. The molecule has 0 aliphatic carbocycles. The highest BCUT2D eigenvalue weighted by Crippen LogP contribution is 2.19. The highest BCUT2D eigenvalue weighted by atomic mass is 35.5. The minimum absolute atomic E-state index is 0.0262. The maximum Gasteiger partial charge on any atom is 0.340 e. The van der Waals surface area contributed by atoms with Crippen molar-refractivity contribution in [1.82, 2.24) is 9.80 Å². The van der Waals surface area contributed by atoms with E-state index in [1.165, 1.54) is 29.5 Å². The summed E-state index contributed by atoms with van der Waals surface area (Å²) in [5, 5.41) is 2.27. The fourth-order valence-corrected chi connectivity index (χ4v) is 3.60. The average Bonchev–Trinajstić information content (AvgIpc) is 3.20. The van der Waals surface area contributed by atoms with Gasteiger partial charge in [-0.15, -0.1) is 11.3 Å². The van der Waals surface area contributed by atoms with Crippen molar-refractivity contribution in [2.45, 2.75) is 0 Å². The number of piperazine rings is 1. The van der Waals surface area contributed by atoms with Gasteiger partial charge in [0.15, 0.2) is 6.61 Å². The number of ether oxygens (including phenoxy) is 1. The van der Waals surface area contributed by atoms with Crippen LogP contribution < -0.4 is 5.73 Å². The second-order valence-electron chi connectivity index (χ2n) is 5.96. The number of nitrogens with two attached hydrogens (primary N) is 1. The number of amides is 2. The number of esters is 1. The molecule has 1 aromatic carbocycles. The Labute approximate surface area is 165 Å². The molecular weight excluding hydrogens is 390 g/mol. The molecule has 0 unspecified atom stereocenters. The van der Waals surface area contributed by atoms with Crippen LogP contribution >= 0.6 is 22.9 Å². The van der Waals surface area contributed by atoms with Crippen molar-refractivity contribution < 1.29 is 19.1 Å². The van der Waals surface area contributed by atoms with Crippen LogP contribution in [0.1, 0.15) is 20.0 Å². The molecule has 0 radical (unpaired) electrons. The molecule has 1 aromatic heterocycles. The third-order valence-electron chi connectivity index (χ3n) is 4.21. The van der Waals surface area contributed by atoms with Gasteiger partial charge in [-0.05, 0) is 29.6 Å². The first-order valence-electron chi connectivity index (χ1n) is 8.28. The number of carbonyl (C=O) groups excluding carboxylic acids is 3. The minimum atomic E-state index is -0.677. The number of halogens is 1. The summed E-state index contributed by atoms with van der Waals surface area (Å²) in [6.07, 6.45) is 0. The quantitative estimate of drug-likeness (QED) is 0.619. The molecule has 3 rings (SSSR count). The second kappa shape index (κ2) is 8.41. The van der Waals surface area contributed by atoms with E-state index in [1.54, 1.807) is 15.9 Å². The number of rotatable bonds is 4. The Bertz CT molecular complexity index is 848. The molecule has 2 heterocycles. The Kier molecular flexibility index (Phi) is 5.98. The third kappa shape index (κ3) is 4.58. The summed E-state index contributed by atoms with van der Waals surface area (Å²) in [6.45, 7) is 1.31. The zero-order chi connectivity index (χ0) is 19.4. The Morgan fingerprint density at radius 3 is 2.44 bits per heavy atom. The summed E-state index contributed by atoms with van der Waals surface area (Å²) in [5.41, 5.74) is 6.10. The van der Waals surface area contributed by atoms with E-state index in [-0.39, 0.29) is 29.7 Å². The Hall–Kier alpha value is -2.58. The lowest BCUT2D eigenvalue weighted by atomic mass is 10.2. The average molecular weight is 408 g/mol. The molecule has 0 atom stereocenters. The molecule has 0 saturated carbocycles. The number of thiophene rings is 1. The third-order valence-corrected chi connectivity index (χ3v) is 5.30. The summed E-state index contributed by atoms with van der Waals surface area (Å²) in [7, 11) is 0. The number of benzene rings is 1. The summed E-state index contributed by atoms with van der Waals surface area (Å²) in [4.78, 5) is 40.6. The van der Waals surface area contributed by atoms with Gasteiger partial charge in [-0.3, -0.25) is 9.59 Å². The molecule has 2 N–H and O–H groups in total. The summed E-state index contributed by atoms with van der Waals surface area (Å²) in [6, 6.07) is 8.05. The molecule has 27 heavy (non-hydrogen) atoms. The molecule has 0 spiro atoms. The van der Waals surface area contributed by atoms with Crippen LogP contribution in [0.5, 0.6) is 0 Å². The summed E-state index contributed by atoms with van der Waals surface area (Å²) in [5.74, 6) is -1.01. The lowest BCUT2D eigenvalue weighted by Crippen LogP contribution is -2.51. The number of hydrogen-bond acceptors (Lipinski definition) is 6.